The maximum Gasteiger partial charge on any atom is 0.233 e. The lowest BCUT2D eigenvalue weighted by Crippen LogP contribution is -2.46. The maximum absolute atomic E-state index is 12.3. The Kier molecular flexibility index (Phi) is 4.91. The SMILES string of the molecule is C[C@@H]1[C@H](C)CCC[C@H]1NC(=O)[C@@H](C)Sc1nncn1N. The van der Waals surface area contributed by atoms with Crippen molar-refractivity contribution in [3.8, 4) is 0 Å². The second-order valence-electron chi connectivity index (χ2n) is 5.66. The number of rotatable bonds is 4. The molecule has 6 nitrogen and oxygen atoms in total. The summed E-state index contributed by atoms with van der Waals surface area (Å²) in [7, 11) is 0. The Balaban J connectivity index is 1.89. The molecule has 7 heteroatoms. The second-order valence-corrected chi connectivity index (χ2v) is 6.97. The number of nitrogen functional groups attached to an aromatic ring is 1. The lowest BCUT2D eigenvalue weighted by atomic mass is 9.78. The number of hydrogen-bond donors (Lipinski definition) is 2. The summed E-state index contributed by atoms with van der Waals surface area (Å²) in [6, 6.07) is 0.282. The quantitative estimate of drug-likeness (QED) is 0.648. The smallest absolute Gasteiger partial charge is 0.233 e. The minimum absolute atomic E-state index is 0.0453. The van der Waals surface area contributed by atoms with Gasteiger partial charge in [0, 0.05) is 6.04 Å². The highest BCUT2D eigenvalue weighted by Crippen LogP contribution is 2.30. The van der Waals surface area contributed by atoms with Gasteiger partial charge in [-0.05, 0) is 25.2 Å². The molecular weight excluding hydrogens is 274 g/mol. The minimum Gasteiger partial charge on any atom is -0.352 e. The summed E-state index contributed by atoms with van der Waals surface area (Å²) in [6.45, 7) is 6.35. The molecule has 1 heterocycles. The summed E-state index contributed by atoms with van der Waals surface area (Å²) >= 11 is 1.33. The van der Waals surface area contributed by atoms with E-state index in [1.54, 1.807) is 0 Å². The van der Waals surface area contributed by atoms with Crippen molar-refractivity contribution in [1.29, 1.82) is 0 Å². The molecular formula is C13H23N5OS. The Morgan fingerprint density at radius 3 is 2.95 bits per heavy atom. The molecule has 0 unspecified atom stereocenters. The van der Waals surface area contributed by atoms with E-state index in [1.165, 1.54) is 35.6 Å². The van der Waals surface area contributed by atoms with E-state index < -0.39 is 0 Å². The molecule has 0 aliphatic heterocycles. The van der Waals surface area contributed by atoms with Gasteiger partial charge in [-0.2, -0.15) is 0 Å². The van der Waals surface area contributed by atoms with Crippen LogP contribution >= 0.6 is 11.8 Å². The van der Waals surface area contributed by atoms with Crippen molar-refractivity contribution in [3.63, 3.8) is 0 Å². The third kappa shape index (κ3) is 3.45. The average molecular weight is 297 g/mol. The fraction of sp³-hybridized carbons (Fsp3) is 0.769. The van der Waals surface area contributed by atoms with Crippen molar-refractivity contribution >= 4 is 17.7 Å². The molecule has 1 aromatic heterocycles. The van der Waals surface area contributed by atoms with Crippen LogP contribution < -0.4 is 11.2 Å². The average Bonchev–Trinajstić information content (AvgIpc) is 2.80. The normalized spacial score (nSPS) is 28.1. The van der Waals surface area contributed by atoms with Gasteiger partial charge in [0.25, 0.3) is 0 Å². The lowest BCUT2D eigenvalue weighted by Gasteiger charge is -2.35. The molecule has 0 saturated heterocycles. The molecule has 1 saturated carbocycles. The highest BCUT2D eigenvalue weighted by molar-refractivity contribution is 8.00. The molecule has 20 heavy (non-hydrogen) atoms. The van der Waals surface area contributed by atoms with Crippen LogP contribution in [0.5, 0.6) is 0 Å². The number of nitrogens with one attached hydrogen (secondary N) is 1. The summed E-state index contributed by atoms with van der Waals surface area (Å²) in [5, 5.41) is 11.1. The van der Waals surface area contributed by atoms with Gasteiger partial charge in [-0.1, -0.05) is 38.5 Å². The van der Waals surface area contributed by atoms with Crippen LogP contribution in [0.3, 0.4) is 0 Å². The van der Waals surface area contributed by atoms with Gasteiger partial charge in [-0.25, -0.2) is 4.68 Å². The molecule has 4 atom stereocenters. The first-order chi connectivity index (χ1) is 9.49. The van der Waals surface area contributed by atoms with E-state index in [-0.39, 0.29) is 17.2 Å². The number of carbonyl (C=O) groups is 1. The molecule has 0 aromatic carbocycles. The van der Waals surface area contributed by atoms with E-state index in [2.05, 4.69) is 29.4 Å². The summed E-state index contributed by atoms with van der Waals surface area (Å²) in [5.41, 5.74) is 0. The summed E-state index contributed by atoms with van der Waals surface area (Å²) < 4.78 is 1.33. The van der Waals surface area contributed by atoms with Gasteiger partial charge in [-0.3, -0.25) is 4.79 Å². The van der Waals surface area contributed by atoms with Crippen molar-refractivity contribution in [2.24, 2.45) is 11.8 Å². The summed E-state index contributed by atoms with van der Waals surface area (Å²) in [4.78, 5) is 12.3. The van der Waals surface area contributed by atoms with Gasteiger partial charge in [0.15, 0.2) is 0 Å². The Labute approximate surface area is 123 Å². The van der Waals surface area contributed by atoms with E-state index in [0.717, 1.165) is 6.42 Å². The largest absolute Gasteiger partial charge is 0.352 e. The molecule has 2 rings (SSSR count). The standard InChI is InChI=1S/C13H23N5OS/c1-8-5-4-6-11(9(8)2)16-12(19)10(3)20-13-17-15-7-18(13)14/h7-11H,4-6,14H2,1-3H3,(H,16,19)/t8-,9-,10-,11-/m1/s1. The predicted molar refractivity (Wildman–Crippen MR) is 79.6 cm³/mol. The van der Waals surface area contributed by atoms with Crippen molar-refractivity contribution < 1.29 is 4.79 Å². The Hall–Kier alpha value is -1.24. The van der Waals surface area contributed by atoms with Gasteiger partial charge >= 0.3 is 0 Å². The fourth-order valence-electron chi connectivity index (χ4n) is 2.61. The lowest BCUT2D eigenvalue weighted by molar-refractivity contribution is -0.121. The zero-order chi connectivity index (χ0) is 14.7. The molecule has 1 amide bonds. The highest BCUT2D eigenvalue weighted by Gasteiger charge is 2.29. The number of thioether (sulfide) groups is 1. The molecule has 0 spiro atoms. The summed E-state index contributed by atoms with van der Waals surface area (Å²) in [6.07, 6.45) is 4.95. The van der Waals surface area contributed by atoms with E-state index in [1.807, 2.05) is 6.92 Å². The maximum atomic E-state index is 12.3. The second kappa shape index (κ2) is 6.47. The van der Waals surface area contributed by atoms with Crippen molar-refractivity contribution in [2.45, 2.75) is 56.5 Å². The molecule has 112 valence electrons. The number of nitrogens with zero attached hydrogens (tertiary/aromatic N) is 3. The van der Waals surface area contributed by atoms with Gasteiger partial charge in [0.05, 0.1) is 5.25 Å². The first-order valence-electron chi connectivity index (χ1n) is 7.11. The van der Waals surface area contributed by atoms with Gasteiger partial charge in [0.2, 0.25) is 11.1 Å². The van der Waals surface area contributed by atoms with E-state index >= 15 is 0 Å². The third-order valence-corrected chi connectivity index (χ3v) is 5.30. The highest BCUT2D eigenvalue weighted by atomic mass is 32.2. The van der Waals surface area contributed by atoms with Crippen LogP contribution in [0.2, 0.25) is 0 Å². The Bertz CT molecular complexity index is 463. The molecule has 1 fully saturated rings. The third-order valence-electron chi connectivity index (χ3n) is 4.23. The van der Waals surface area contributed by atoms with Gasteiger partial charge in [-0.15, -0.1) is 10.2 Å². The van der Waals surface area contributed by atoms with E-state index in [0.29, 0.717) is 17.0 Å². The van der Waals surface area contributed by atoms with Crippen LogP contribution in [0.4, 0.5) is 0 Å². The minimum atomic E-state index is -0.231. The number of hydrogen-bond acceptors (Lipinski definition) is 5. The van der Waals surface area contributed by atoms with Crippen LogP contribution in [0.15, 0.2) is 11.5 Å². The number of aromatic nitrogens is 3. The summed E-state index contributed by atoms with van der Waals surface area (Å²) in [5.74, 6) is 6.90. The topological polar surface area (TPSA) is 85.8 Å². The fourth-order valence-corrected chi connectivity index (χ4v) is 3.37. The molecule has 1 aliphatic carbocycles. The van der Waals surface area contributed by atoms with Gasteiger partial charge < -0.3 is 11.2 Å². The van der Waals surface area contributed by atoms with Gasteiger partial charge in [0.1, 0.15) is 6.33 Å². The first-order valence-corrected chi connectivity index (χ1v) is 7.99. The zero-order valence-electron chi connectivity index (χ0n) is 12.2. The number of nitrogens with two attached hydrogens (primary N) is 1. The predicted octanol–water partition coefficient (Wildman–Crippen LogP) is 1.41. The molecule has 0 radical (unpaired) electrons. The number of carbonyl (C=O) groups excluding carboxylic acids is 1. The van der Waals surface area contributed by atoms with E-state index in [4.69, 9.17) is 5.84 Å². The Morgan fingerprint density at radius 2 is 2.30 bits per heavy atom. The van der Waals surface area contributed by atoms with Crippen LogP contribution in [0.25, 0.3) is 0 Å². The Morgan fingerprint density at radius 1 is 1.55 bits per heavy atom. The zero-order valence-corrected chi connectivity index (χ0v) is 13.1. The van der Waals surface area contributed by atoms with E-state index in [9.17, 15) is 4.79 Å². The van der Waals surface area contributed by atoms with Crippen LogP contribution in [-0.2, 0) is 4.79 Å². The van der Waals surface area contributed by atoms with Crippen LogP contribution in [0.1, 0.15) is 40.0 Å². The molecule has 0 bridgehead atoms. The van der Waals surface area contributed by atoms with Crippen molar-refractivity contribution in [3.05, 3.63) is 6.33 Å². The van der Waals surface area contributed by atoms with Crippen molar-refractivity contribution in [1.82, 2.24) is 20.2 Å². The molecule has 1 aromatic rings. The monoisotopic (exact) mass is 297 g/mol. The first kappa shape index (κ1) is 15.2. The van der Waals surface area contributed by atoms with Crippen molar-refractivity contribution in [2.75, 3.05) is 5.84 Å². The van der Waals surface area contributed by atoms with Crippen LogP contribution in [0, 0.1) is 11.8 Å². The molecule has 3 N–H and O–H groups in total. The number of amides is 1. The molecule has 1 aliphatic rings. The van der Waals surface area contributed by atoms with Crippen LogP contribution in [-0.4, -0.2) is 32.1 Å².